The van der Waals surface area contributed by atoms with Crippen LogP contribution in [-0.4, -0.2) is 17.8 Å². The summed E-state index contributed by atoms with van der Waals surface area (Å²) in [6.07, 6.45) is 6.92. The molecule has 0 radical (unpaired) electrons. The van der Waals surface area contributed by atoms with Gasteiger partial charge in [0.2, 0.25) is 0 Å². The third kappa shape index (κ3) is 2.39. The van der Waals surface area contributed by atoms with E-state index in [2.05, 4.69) is 12.1 Å². The van der Waals surface area contributed by atoms with Gasteiger partial charge in [-0.15, -0.1) is 0 Å². The first kappa shape index (κ1) is 12.0. The number of hydrogen-bond donors (Lipinski definition) is 1. The second kappa shape index (κ2) is 5.31. The van der Waals surface area contributed by atoms with E-state index in [9.17, 15) is 5.11 Å². The van der Waals surface area contributed by atoms with E-state index in [1.54, 1.807) is 0 Å². The van der Waals surface area contributed by atoms with Gasteiger partial charge in [0, 0.05) is 11.5 Å². The predicted octanol–water partition coefficient (Wildman–Crippen LogP) is 3.49. The van der Waals surface area contributed by atoms with Crippen LogP contribution in [0.15, 0.2) is 24.3 Å². The molecule has 2 heteroatoms. The first-order valence-corrected chi connectivity index (χ1v) is 7.24. The zero-order valence-corrected chi connectivity index (χ0v) is 10.8. The van der Waals surface area contributed by atoms with Gasteiger partial charge in [0.05, 0.1) is 12.7 Å². The molecule has 1 saturated carbocycles. The van der Waals surface area contributed by atoms with Crippen LogP contribution < -0.4 is 4.74 Å². The number of aliphatic hydroxyl groups excluding tert-OH is 1. The van der Waals surface area contributed by atoms with Crippen molar-refractivity contribution in [1.29, 1.82) is 0 Å². The summed E-state index contributed by atoms with van der Waals surface area (Å²) in [5.74, 6) is 2.08. The summed E-state index contributed by atoms with van der Waals surface area (Å²) in [6, 6.07) is 8.31. The van der Waals surface area contributed by atoms with Crippen molar-refractivity contribution in [2.24, 2.45) is 5.92 Å². The fraction of sp³-hybridized carbons (Fsp3) is 0.625. The molecular formula is C16H22O2. The minimum atomic E-state index is -0.0970. The SMILES string of the molecule is OC(CCC1COc2ccccc21)C1CCCC1. The molecule has 18 heavy (non-hydrogen) atoms. The number of para-hydroxylation sites is 1. The third-order valence-electron chi connectivity index (χ3n) is 4.55. The number of benzene rings is 1. The number of hydrogen-bond acceptors (Lipinski definition) is 2. The van der Waals surface area contributed by atoms with Crippen LogP contribution in [0.5, 0.6) is 5.75 Å². The number of fused-ring (bicyclic) bond motifs is 1. The zero-order chi connectivity index (χ0) is 12.4. The van der Waals surface area contributed by atoms with Crippen LogP contribution in [0.2, 0.25) is 0 Å². The van der Waals surface area contributed by atoms with E-state index in [4.69, 9.17) is 4.74 Å². The predicted molar refractivity (Wildman–Crippen MR) is 71.9 cm³/mol. The molecule has 1 fully saturated rings. The van der Waals surface area contributed by atoms with E-state index in [1.807, 2.05) is 12.1 Å². The second-order valence-corrected chi connectivity index (χ2v) is 5.73. The van der Waals surface area contributed by atoms with Crippen LogP contribution in [0, 0.1) is 5.92 Å². The monoisotopic (exact) mass is 246 g/mol. The van der Waals surface area contributed by atoms with Gasteiger partial charge < -0.3 is 9.84 Å². The van der Waals surface area contributed by atoms with Crippen molar-refractivity contribution in [3.05, 3.63) is 29.8 Å². The Kier molecular flexibility index (Phi) is 3.55. The molecule has 2 unspecified atom stereocenters. The highest BCUT2D eigenvalue weighted by Crippen LogP contribution is 2.37. The van der Waals surface area contributed by atoms with Crippen molar-refractivity contribution in [2.75, 3.05) is 6.61 Å². The number of aliphatic hydroxyl groups is 1. The van der Waals surface area contributed by atoms with Crippen molar-refractivity contribution in [3.63, 3.8) is 0 Å². The van der Waals surface area contributed by atoms with Gasteiger partial charge in [-0.05, 0) is 37.7 Å². The molecular weight excluding hydrogens is 224 g/mol. The molecule has 2 atom stereocenters. The van der Waals surface area contributed by atoms with Crippen molar-refractivity contribution < 1.29 is 9.84 Å². The topological polar surface area (TPSA) is 29.5 Å². The van der Waals surface area contributed by atoms with E-state index in [1.165, 1.54) is 31.2 Å². The first-order chi connectivity index (χ1) is 8.84. The molecule has 1 aromatic carbocycles. The number of rotatable bonds is 4. The molecule has 0 bridgehead atoms. The molecule has 1 aliphatic heterocycles. The van der Waals surface area contributed by atoms with Crippen LogP contribution in [0.3, 0.4) is 0 Å². The summed E-state index contributed by atoms with van der Waals surface area (Å²) in [5.41, 5.74) is 1.33. The molecule has 1 heterocycles. The lowest BCUT2D eigenvalue weighted by molar-refractivity contribution is 0.0966. The largest absolute Gasteiger partial charge is 0.493 e. The Labute approximate surface area is 109 Å². The van der Waals surface area contributed by atoms with Crippen LogP contribution in [0.25, 0.3) is 0 Å². The van der Waals surface area contributed by atoms with Gasteiger partial charge in [0.1, 0.15) is 5.75 Å². The Hall–Kier alpha value is -1.02. The van der Waals surface area contributed by atoms with Crippen molar-refractivity contribution in [1.82, 2.24) is 0 Å². The maximum absolute atomic E-state index is 10.2. The van der Waals surface area contributed by atoms with Crippen molar-refractivity contribution in [2.45, 2.75) is 50.5 Å². The fourth-order valence-electron chi connectivity index (χ4n) is 3.42. The Morgan fingerprint density at radius 2 is 2.00 bits per heavy atom. The number of ether oxygens (including phenoxy) is 1. The summed E-state index contributed by atoms with van der Waals surface area (Å²) in [7, 11) is 0. The average Bonchev–Trinajstić information content (AvgIpc) is 3.06. The highest BCUT2D eigenvalue weighted by Gasteiger charge is 2.27. The summed E-state index contributed by atoms with van der Waals surface area (Å²) in [5, 5.41) is 10.2. The molecule has 2 aliphatic rings. The summed E-state index contributed by atoms with van der Waals surface area (Å²) in [4.78, 5) is 0. The third-order valence-corrected chi connectivity index (χ3v) is 4.55. The molecule has 1 N–H and O–H groups in total. The van der Waals surface area contributed by atoms with E-state index >= 15 is 0 Å². The zero-order valence-electron chi connectivity index (χ0n) is 10.8. The van der Waals surface area contributed by atoms with E-state index in [0.717, 1.165) is 25.2 Å². The first-order valence-electron chi connectivity index (χ1n) is 7.24. The molecule has 0 saturated heterocycles. The maximum Gasteiger partial charge on any atom is 0.122 e. The second-order valence-electron chi connectivity index (χ2n) is 5.73. The molecule has 2 nitrogen and oxygen atoms in total. The van der Waals surface area contributed by atoms with Crippen LogP contribution in [0.1, 0.15) is 50.0 Å². The molecule has 3 rings (SSSR count). The molecule has 1 aromatic rings. The Bertz CT molecular complexity index is 396. The maximum atomic E-state index is 10.2. The van der Waals surface area contributed by atoms with Gasteiger partial charge in [0.25, 0.3) is 0 Å². The van der Waals surface area contributed by atoms with Gasteiger partial charge in [-0.2, -0.15) is 0 Å². The standard InChI is InChI=1S/C16H22O2/c17-15(12-5-1-2-6-12)10-9-13-11-18-16-8-4-3-7-14(13)16/h3-4,7-8,12-13,15,17H,1-2,5-6,9-11H2. The van der Waals surface area contributed by atoms with Crippen LogP contribution in [-0.2, 0) is 0 Å². The van der Waals surface area contributed by atoms with Crippen LogP contribution >= 0.6 is 0 Å². The lowest BCUT2D eigenvalue weighted by atomic mass is 9.90. The van der Waals surface area contributed by atoms with Gasteiger partial charge in [-0.25, -0.2) is 0 Å². The molecule has 0 aromatic heterocycles. The quantitative estimate of drug-likeness (QED) is 0.881. The molecule has 1 aliphatic carbocycles. The molecule has 0 spiro atoms. The Morgan fingerprint density at radius 3 is 2.83 bits per heavy atom. The van der Waals surface area contributed by atoms with Gasteiger partial charge in [-0.1, -0.05) is 31.0 Å². The lowest BCUT2D eigenvalue weighted by Gasteiger charge is -2.19. The van der Waals surface area contributed by atoms with Gasteiger partial charge >= 0.3 is 0 Å². The summed E-state index contributed by atoms with van der Waals surface area (Å²) in [6.45, 7) is 0.788. The van der Waals surface area contributed by atoms with Crippen molar-refractivity contribution in [3.8, 4) is 5.75 Å². The van der Waals surface area contributed by atoms with Gasteiger partial charge in [-0.3, -0.25) is 0 Å². The highest BCUT2D eigenvalue weighted by atomic mass is 16.5. The lowest BCUT2D eigenvalue weighted by Crippen LogP contribution is -2.18. The smallest absolute Gasteiger partial charge is 0.122 e. The summed E-state index contributed by atoms with van der Waals surface area (Å²) >= 11 is 0. The minimum Gasteiger partial charge on any atom is -0.493 e. The summed E-state index contributed by atoms with van der Waals surface area (Å²) < 4.78 is 5.69. The molecule has 98 valence electrons. The van der Waals surface area contributed by atoms with E-state index in [0.29, 0.717) is 11.8 Å². The van der Waals surface area contributed by atoms with Crippen LogP contribution in [0.4, 0.5) is 0 Å². The molecule has 0 amide bonds. The van der Waals surface area contributed by atoms with E-state index in [-0.39, 0.29) is 6.10 Å². The fourth-order valence-corrected chi connectivity index (χ4v) is 3.42. The van der Waals surface area contributed by atoms with E-state index < -0.39 is 0 Å². The Morgan fingerprint density at radius 1 is 1.22 bits per heavy atom. The normalized spacial score (nSPS) is 24.8. The highest BCUT2D eigenvalue weighted by molar-refractivity contribution is 5.39. The minimum absolute atomic E-state index is 0.0970. The average molecular weight is 246 g/mol. The van der Waals surface area contributed by atoms with Crippen molar-refractivity contribution >= 4 is 0 Å². The Balaban J connectivity index is 1.55. The van der Waals surface area contributed by atoms with Gasteiger partial charge in [0.15, 0.2) is 0 Å².